The number of carbonyl (C=O) groups excluding carboxylic acids is 1. The van der Waals surface area contributed by atoms with Crippen molar-refractivity contribution in [3.8, 4) is 0 Å². The van der Waals surface area contributed by atoms with Gasteiger partial charge in [0.05, 0.1) is 18.8 Å². The third kappa shape index (κ3) is 5.41. The number of esters is 1. The molecule has 8 heteroatoms. The van der Waals surface area contributed by atoms with Gasteiger partial charge in [-0.15, -0.1) is 0 Å². The van der Waals surface area contributed by atoms with Crippen molar-refractivity contribution in [2.24, 2.45) is 22.9 Å². The average Bonchev–Trinajstić information content (AvgIpc) is 3.21. The van der Waals surface area contributed by atoms with Gasteiger partial charge in [-0.25, -0.2) is 0 Å². The summed E-state index contributed by atoms with van der Waals surface area (Å²) in [5, 5.41) is 25.2. The second-order valence-electron chi connectivity index (χ2n) is 12.4. The maximum absolute atomic E-state index is 13.9. The summed E-state index contributed by atoms with van der Waals surface area (Å²) in [6, 6.07) is 0. The third-order valence-corrected chi connectivity index (χ3v) is 9.25. The van der Waals surface area contributed by atoms with Crippen molar-refractivity contribution < 1.29 is 34.1 Å². The molecule has 0 aromatic carbocycles. The molecule has 1 aliphatic carbocycles. The van der Waals surface area contributed by atoms with Crippen LogP contribution in [0.1, 0.15) is 73.1 Å². The van der Waals surface area contributed by atoms with Crippen LogP contribution in [0.25, 0.3) is 0 Å². The highest BCUT2D eigenvalue weighted by Gasteiger charge is 2.59. The summed E-state index contributed by atoms with van der Waals surface area (Å²) in [5.41, 5.74) is 0.916. The molecule has 0 aromatic heterocycles. The molecule has 5 aliphatic rings. The highest BCUT2D eigenvalue weighted by molar-refractivity contribution is 6.06. The van der Waals surface area contributed by atoms with Crippen LogP contribution in [0.5, 0.6) is 0 Å². The Balaban J connectivity index is 1.53. The zero-order valence-electron chi connectivity index (χ0n) is 23.8. The Morgan fingerprint density at radius 3 is 2.67 bits per heavy atom. The summed E-state index contributed by atoms with van der Waals surface area (Å²) >= 11 is 0. The SMILES string of the molecule is CC1=C[C@H]2C(=O)O[C@H]3C[C@@H](C/C=C(\C)C[C@@H](C)C=C/C=C4\CO[C@H](/C1=N/O)[C@@]42O)O[C@@]1(CCC(C)[C@@H](C)O1)C3. The lowest BCUT2D eigenvalue weighted by Crippen LogP contribution is -2.57. The van der Waals surface area contributed by atoms with Crippen molar-refractivity contribution in [3.63, 3.8) is 0 Å². The number of hydrogen-bond acceptors (Lipinski definition) is 8. The molecule has 2 N–H and O–H groups in total. The van der Waals surface area contributed by atoms with Crippen LogP contribution in [0.4, 0.5) is 0 Å². The maximum atomic E-state index is 13.9. The minimum atomic E-state index is -1.72. The number of rotatable bonds is 0. The van der Waals surface area contributed by atoms with Crippen molar-refractivity contribution in [3.05, 3.63) is 47.1 Å². The largest absolute Gasteiger partial charge is 0.462 e. The van der Waals surface area contributed by atoms with Gasteiger partial charge in [0.1, 0.15) is 29.4 Å². The van der Waals surface area contributed by atoms with Crippen LogP contribution in [-0.4, -0.2) is 64.4 Å². The van der Waals surface area contributed by atoms with Crippen molar-refractivity contribution in [1.82, 2.24) is 0 Å². The molecule has 0 amide bonds. The molecule has 0 aromatic rings. The molecular weight excluding hydrogens is 498 g/mol. The number of aliphatic hydroxyl groups is 1. The lowest BCUT2D eigenvalue weighted by atomic mass is 9.71. The molecule has 214 valence electrons. The van der Waals surface area contributed by atoms with Crippen LogP contribution in [0.15, 0.2) is 52.3 Å². The Morgan fingerprint density at radius 2 is 1.92 bits per heavy atom. The van der Waals surface area contributed by atoms with E-state index in [1.54, 1.807) is 13.0 Å². The predicted molar refractivity (Wildman–Crippen MR) is 146 cm³/mol. The van der Waals surface area contributed by atoms with Crippen LogP contribution in [-0.2, 0) is 23.7 Å². The van der Waals surface area contributed by atoms with Crippen LogP contribution < -0.4 is 0 Å². The molecule has 4 heterocycles. The summed E-state index contributed by atoms with van der Waals surface area (Å²) < 4.78 is 25.3. The van der Waals surface area contributed by atoms with Gasteiger partial charge in [-0.1, -0.05) is 55.0 Å². The number of hydrogen-bond donors (Lipinski definition) is 2. The minimum absolute atomic E-state index is 0.0431. The molecule has 1 unspecified atom stereocenters. The first kappa shape index (κ1) is 28.3. The fourth-order valence-corrected chi connectivity index (χ4v) is 6.85. The van der Waals surface area contributed by atoms with Crippen LogP contribution in [0.3, 0.4) is 0 Å². The van der Waals surface area contributed by atoms with Crippen LogP contribution in [0, 0.1) is 17.8 Å². The molecule has 1 spiro atoms. The van der Waals surface area contributed by atoms with E-state index in [0.717, 1.165) is 19.3 Å². The first-order chi connectivity index (χ1) is 18.5. The standard InChI is InChI=1S/C31H43NO7/c1-18-7-6-8-23-17-36-28-27(32-35)21(4)14-26(31(23,28)34)29(33)37-25-15-24(10-9-19(2)13-18)39-30(16-25)12-11-20(3)22(5)38-30/h6-9,14,18,20,22,24-26,28,34-35H,10-13,15-17H2,1-5H3/b7-6?,19-9+,23-8+,32-27+/t18-,20?,22+,24+,25-,26-,28+,30-,31+/m0/s1. The van der Waals surface area contributed by atoms with E-state index in [1.807, 2.05) is 12.2 Å². The fraction of sp³-hybridized carbons (Fsp3) is 0.677. The first-order valence-electron chi connectivity index (χ1n) is 14.4. The van der Waals surface area contributed by atoms with Gasteiger partial charge in [0.15, 0.2) is 5.79 Å². The Kier molecular flexibility index (Phi) is 7.94. The lowest BCUT2D eigenvalue weighted by Gasteiger charge is -2.49. The minimum Gasteiger partial charge on any atom is -0.462 e. The molecule has 39 heavy (non-hydrogen) atoms. The molecule has 5 rings (SSSR count). The van der Waals surface area contributed by atoms with Crippen molar-refractivity contribution in [2.45, 2.75) is 109 Å². The molecule has 9 atom stereocenters. The molecule has 0 radical (unpaired) electrons. The number of nitrogens with zero attached hydrogens (tertiary/aromatic N) is 1. The summed E-state index contributed by atoms with van der Waals surface area (Å²) in [6.45, 7) is 10.4. The van der Waals surface area contributed by atoms with Crippen LogP contribution in [0.2, 0.25) is 0 Å². The third-order valence-electron chi connectivity index (χ3n) is 9.25. The normalized spacial score (nSPS) is 47.0. The predicted octanol–water partition coefficient (Wildman–Crippen LogP) is 5.00. The van der Waals surface area contributed by atoms with Crippen molar-refractivity contribution >= 4 is 11.7 Å². The van der Waals surface area contributed by atoms with E-state index >= 15 is 0 Å². The Hall–Kier alpha value is -2.26. The summed E-state index contributed by atoms with van der Waals surface area (Å²) in [7, 11) is 0. The highest BCUT2D eigenvalue weighted by atomic mass is 16.7. The molecule has 8 nitrogen and oxygen atoms in total. The van der Waals surface area contributed by atoms with Gasteiger partial charge in [0.2, 0.25) is 0 Å². The van der Waals surface area contributed by atoms with Gasteiger partial charge in [-0.3, -0.25) is 4.79 Å². The Bertz CT molecular complexity index is 1120. The molecule has 3 saturated heterocycles. The van der Waals surface area contributed by atoms with E-state index in [-0.39, 0.29) is 30.4 Å². The Labute approximate surface area is 231 Å². The Morgan fingerprint density at radius 1 is 1.13 bits per heavy atom. The number of oxime groups is 1. The van der Waals surface area contributed by atoms with E-state index in [0.29, 0.717) is 36.3 Å². The lowest BCUT2D eigenvalue weighted by molar-refractivity contribution is -0.332. The smallest absolute Gasteiger partial charge is 0.316 e. The first-order valence-corrected chi connectivity index (χ1v) is 14.4. The van der Waals surface area contributed by atoms with E-state index in [9.17, 15) is 15.1 Å². The molecule has 3 fully saturated rings. The van der Waals surface area contributed by atoms with Gasteiger partial charge < -0.3 is 29.3 Å². The number of fused-ring (bicyclic) bond motifs is 2. The zero-order chi connectivity index (χ0) is 27.9. The molecular formula is C31H43NO7. The van der Waals surface area contributed by atoms with E-state index < -0.39 is 35.5 Å². The topological polar surface area (TPSA) is 107 Å². The second-order valence-corrected chi connectivity index (χ2v) is 12.4. The van der Waals surface area contributed by atoms with E-state index in [2.05, 4.69) is 45.0 Å². The molecule has 0 saturated carbocycles. The number of ether oxygens (including phenoxy) is 4. The highest BCUT2D eigenvalue weighted by Crippen LogP contribution is 2.46. The number of carbonyl (C=O) groups is 1. The molecule has 2 bridgehead atoms. The van der Waals surface area contributed by atoms with E-state index in [4.69, 9.17) is 18.9 Å². The van der Waals surface area contributed by atoms with E-state index in [1.165, 1.54) is 5.57 Å². The summed E-state index contributed by atoms with van der Waals surface area (Å²) in [5.74, 6) is -1.62. The van der Waals surface area contributed by atoms with Gasteiger partial charge in [0, 0.05) is 19.3 Å². The van der Waals surface area contributed by atoms with Gasteiger partial charge in [-0.05, 0) is 63.0 Å². The monoisotopic (exact) mass is 541 g/mol. The summed E-state index contributed by atoms with van der Waals surface area (Å²) in [4.78, 5) is 13.9. The average molecular weight is 542 g/mol. The maximum Gasteiger partial charge on any atom is 0.316 e. The zero-order valence-corrected chi connectivity index (χ0v) is 23.8. The van der Waals surface area contributed by atoms with Crippen LogP contribution >= 0.6 is 0 Å². The quantitative estimate of drug-likeness (QED) is 0.192. The number of allylic oxidation sites excluding steroid dienone is 4. The van der Waals surface area contributed by atoms with Gasteiger partial charge >= 0.3 is 5.97 Å². The van der Waals surface area contributed by atoms with Crippen molar-refractivity contribution in [2.75, 3.05) is 6.61 Å². The van der Waals surface area contributed by atoms with Gasteiger partial charge in [0.25, 0.3) is 0 Å². The fourth-order valence-electron chi connectivity index (χ4n) is 6.85. The van der Waals surface area contributed by atoms with Gasteiger partial charge in [-0.2, -0.15) is 0 Å². The van der Waals surface area contributed by atoms with Crippen molar-refractivity contribution in [1.29, 1.82) is 0 Å². The molecule has 4 aliphatic heterocycles. The second kappa shape index (κ2) is 11.0. The summed E-state index contributed by atoms with van der Waals surface area (Å²) in [6.07, 6.45) is 12.6.